The number of benzene rings is 1. The number of hydrogen-bond donors (Lipinski definition) is 2. The second-order valence-electron chi connectivity index (χ2n) is 5.43. The van der Waals surface area contributed by atoms with Gasteiger partial charge in [-0.2, -0.15) is 0 Å². The van der Waals surface area contributed by atoms with Crippen molar-refractivity contribution in [3.8, 4) is 0 Å². The normalized spacial score (nSPS) is 10.4. The molecule has 0 saturated heterocycles. The van der Waals surface area contributed by atoms with Gasteiger partial charge in [-0.25, -0.2) is 0 Å². The van der Waals surface area contributed by atoms with E-state index in [1.807, 2.05) is 12.1 Å². The summed E-state index contributed by atoms with van der Waals surface area (Å²) in [5.41, 5.74) is 7.30. The molecule has 1 aromatic rings. The Bertz CT molecular complexity index is 455. The molecule has 5 heteroatoms. The summed E-state index contributed by atoms with van der Waals surface area (Å²) in [4.78, 5) is 23.0. The summed E-state index contributed by atoms with van der Waals surface area (Å²) < 4.78 is 4.93. The molecule has 0 saturated carbocycles. The third-order valence-corrected chi connectivity index (χ3v) is 3.01. The van der Waals surface area contributed by atoms with Crippen molar-refractivity contribution < 1.29 is 14.3 Å². The van der Waals surface area contributed by atoms with Gasteiger partial charge >= 0.3 is 5.97 Å². The summed E-state index contributed by atoms with van der Waals surface area (Å²) in [5.74, 6) is -0.0879. The van der Waals surface area contributed by atoms with Gasteiger partial charge in [-0.1, -0.05) is 26.0 Å². The van der Waals surface area contributed by atoms with Crippen LogP contribution < -0.4 is 11.1 Å². The number of hydrogen-bond acceptors (Lipinski definition) is 4. The number of nitrogens with two attached hydrogens (primary N) is 1. The summed E-state index contributed by atoms with van der Waals surface area (Å²) in [6, 6.07) is 7.34. The van der Waals surface area contributed by atoms with Crippen LogP contribution in [-0.2, 0) is 20.7 Å². The lowest BCUT2D eigenvalue weighted by Crippen LogP contribution is -2.30. The van der Waals surface area contributed by atoms with Gasteiger partial charge in [0, 0.05) is 18.7 Å². The van der Waals surface area contributed by atoms with Gasteiger partial charge in [0.2, 0.25) is 0 Å². The molecule has 0 aromatic heterocycles. The fourth-order valence-electron chi connectivity index (χ4n) is 1.70. The molecule has 1 aromatic carbocycles. The highest BCUT2D eigenvalue weighted by atomic mass is 16.5. The van der Waals surface area contributed by atoms with Crippen molar-refractivity contribution in [1.29, 1.82) is 0 Å². The maximum absolute atomic E-state index is 11.5. The van der Waals surface area contributed by atoms with E-state index in [0.717, 1.165) is 12.0 Å². The van der Waals surface area contributed by atoms with Gasteiger partial charge in [0.1, 0.15) is 0 Å². The topological polar surface area (TPSA) is 81.4 Å². The molecular formula is C16H24N2O3. The molecule has 0 atom stereocenters. The fraction of sp³-hybridized carbons (Fsp3) is 0.500. The highest BCUT2D eigenvalue weighted by Gasteiger charge is 2.07. The lowest BCUT2D eigenvalue weighted by molar-refractivity contribution is -0.148. The molecular weight excluding hydrogens is 268 g/mol. The van der Waals surface area contributed by atoms with Gasteiger partial charge in [0.15, 0.2) is 6.61 Å². The summed E-state index contributed by atoms with van der Waals surface area (Å²) in [5, 5.41) is 2.72. The van der Waals surface area contributed by atoms with E-state index in [2.05, 4.69) is 19.2 Å². The summed E-state index contributed by atoms with van der Waals surface area (Å²) in [6.07, 6.45) is 1.74. The first-order valence-corrected chi connectivity index (χ1v) is 7.24. The number of esters is 1. The zero-order valence-electron chi connectivity index (χ0n) is 12.7. The number of carbonyl (C=O) groups is 2. The zero-order chi connectivity index (χ0) is 15.7. The third-order valence-electron chi connectivity index (χ3n) is 3.01. The van der Waals surface area contributed by atoms with E-state index in [1.165, 1.54) is 0 Å². The Hall–Kier alpha value is -2.04. The maximum atomic E-state index is 11.5. The number of aryl methyl sites for hydroxylation is 1. The second-order valence-corrected chi connectivity index (χ2v) is 5.43. The Balaban J connectivity index is 2.16. The van der Waals surface area contributed by atoms with Crippen LogP contribution in [0.4, 0.5) is 5.69 Å². The van der Waals surface area contributed by atoms with E-state index in [4.69, 9.17) is 10.5 Å². The molecule has 0 unspecified atom stereocenters. The Morgan fingerprint density at radius 2 is 1.90 bits per heavy atom. The lowest BCUT2D eigenvalue weighted by Gasteiger charge is -2.08. The van der Waals surface area contributed by atoms with E-state index in [1.54, 1.807) is 12.1 Å². The average Bonchev–Trinajstić information content (AvgIpc) is 2.44. The number of nitrogen functional groups attached to an aromatic ring is 1. The summed E-state index contributed by atoms with van der Waals surface area (Å²) in [7, 11) is 0. The predicted molar refractivity (Wildman–Crippen MR) is 82.6 cm³/mol. The maximum Gasteiger partial charge on any atom is 0.306 e. The molecule has 3 N–H and O–H groups in total. The molecule has 0 radical (unpaired) electrons. The first-order chi connectivity index (χ1) is 9.97. The van der Waals surface area contributed by atoms with Crippen LogP contribution in [0, 0.1) is 5.92 Å². The Kier molecular flexibility index (Phi) is 7.29. The highest BCUT2D eigenvalue weighted by molar-refractivity contribution is 5.80. The molecule has 0 fully saturated rings. The first kappa shape index (κ1) is 17.0. The Morgan fingerprint density at radius 1 is 1.24 bits per heavy atom. The molecule has 0 heterocycles. The van der Waals surface area contributed by atoms with Crippen LogP contribution >= 0.6 is 0 Å². The number of ether oxygens (including phenoxy) is 1. The SMILES string of the molecule is CC(C)CCNC(=O)COC(=O)CCc1ccc(N)cc1. The van der Waals surface area contributed by atoms with Crippen molar-refractivity contribution in [2.75, 3.05) is 18.9 Å². The number of amides is 1. The number of nitrogens with one attached hydrogen (secondary N) is 1. The van der Waals surface area contributed by atoms with Crippen LogP contribution in [-0.4, -0.2) is 25.0 Å². The standard InChI is InChI=1S/C16H24N2O3/c1-12(2)9-10-18-15(19)11-21-16(20)8-5-13-3-6-14(17)7-4-13/h3-4,6-7,12H,5,8-11,17H2,1-2H3,(H,18,19). The Labute approximate surface area is 125 Å². The minimum atomic E-state index is -0.370. The van der Waals surface area contributed by atoms with E-state index in [-0.39, 0.29) is 24.9 Å². The summed E-state index contributed by atoms with van der Waals surface area (Å²) >= 11 is 0. The van der Waals surface area contributed by atoms with Gasteiger partial charge in [0.05, 0.1) is 0 Å². The molecule has 0 bridgehead atoms. The third kappa shape index (κ3) is 7.97. The number of anilines is 1. The van der Waals surface area contributed by atoms with E-state index in [9.17, 15) is 9.59 Å². The second kappa shape index (κ2) is 9.00. The van der Waals surface area contributed by atoms with E-state index >= 15 is 0 Å². The van der Waals surface area contributed by atoms with Crippen molar-refractivity contribution in [2.24, 2.45) is 5.92 Å². The summed E-state index contributed by atoms with van der Waals surface area (Å²) in [6.45, 7) is 4.57. The molecule has 21 heavy (non-hydrogen) atoms. The highest BCUT2D eigenvalue weighted by Crippen LogP contribution is 2.08. The molecule has 0 aliphatic rings. The number of rotatable bonds is 8. The quantitative estimate of drug-likeness (QED) is 0.566. The van der Waals surface area contributed by atoms with Crippen LogP contribution in [0.5, 0.6) is 0 Å². The minimum absolute atomic E-state index is 0.210. The molecule has 116 valence electrons. The van der Waals surface area contributed by atoms with E-state index in [0.29, 0.717) is 24.6 Å². The largest absolute Gasteiger partial charge is 0.456 e. The van der Waals surface area contributed by atoms with Gasteiger partial charge < -0.3 is 15.8 Å². The first-order valence-electron chi connectivity index (χ1n) is 7.24. The van der Waals surface area contributed by atoms with Crippen LogP contribution in [0.25, 0.3) is 0 Å². The van der Waals surface area contributed by atoms with Crippen molar-refractivity contribution >= 4 is 17.6 Å². The molecule has 0 aliphatic carbocycles. The molecule has 1 rings (SSSR count). The van der Waals surface area contributed by atoms with Gasteiger partial charge in [0.25, 0.3) is 5.91 Å². The van der Waals surface area contributed by atoms with Crippen LogP contribution in [0.3, 0.4) is 0 Å². The van der Waals surface area contributed by atoms with Crippen LogP contribution in [0.15, 0.2) is 24.3 Å². The molecule has 5 nitrogen and oxygen atoms in total. The molecule has 0 aliphatic heterocycles. The van der Waals surface area contributed by atoms with Crippen molar-refractivity contribution in [2.45, 2.75) is 33.1 Å². The van der Waals surface area contributed by atoms with Crippen LogP contribution in [0.2, 0.25) is 0 Å². The zero-order valence-corrected chi connectivity index (χ0v) is 12.7. The van der Waals surface area contributed by atoms with Gasteiger partial charge in [-0.3, -0.25) is 9.59 Å². The smallest absolute Gasteiger partial charge is 0.306 e. The van der Waals surface area contributed by atoms with Gasteiger partial charge in [-0.15, -0.1) is 0 Å². The molecule has 0 spiro atoms. The Morgan fingerprint density at radius 3 is 2.52 bits per heavy atom. The minimum Gasteiger partial charge on any atom is -0.456 e. The average molecular weight is 292 g/mol. The van der Waals surface area contributed by atoms with Crippen molar-refractivity contribution in [3.63, 3.8) is 0 Å². The predicted octanol–water partition coefficient (Wildman–Crippen LogP) is 1.91. The molecule has 1 amide bonds. The van der Waals surface area contributed by atoms with Crippen molar-refractivity contribution in [1.82, 2.24) is 5.32 Å². The van der Waals surface area contributed by atoms with E-state index < -0.39 is 0 Å². The van der Waals surface area contributed by atoms with Gasteiger partial charge in [-0.05, 0) is 36.5 Å². The fourth-order valence-corrected chi connectivity index (χ4v) is 1.70. The lowest BCUT2D eigenvalue weighted by atomic mass is 10.1. The number of carbonyl (C=O) groups excluding carboxylic acids is 2. The van der Waals surface area contributed by atoms with Crippen LogP contribution in [0.1, 0.15) is 32.3 Å². The monoisotopic (exact) mass is 292 g/mol. The van der Waals surface area contributed by atoms with Crippen molar-refractivity contribution in [3.05, 3.63) is 29.8 Å².